The predicted octanol–water partition coefficient (Wildman–Crippen LogP) is 3.48. The highest BCUT2D eigenvalue weighted by molar-refractivity contribution is 6.32. The van der Waals surface area contributed by atoms with Crippen LogP contribution in [0.5, 0.6) is 5.75 Å². The molecule has 0 aliphatic rings. The van der Waals surface area contributed by atoms with Gasteiger partial charge in [0.25, 0.3) is 0 Å². The van der Waals surface area contributed by atoms with Crippen molar-refractivity contribution in [1.82, 2.24) is 0 Å². The van der Waals surface area contributed by atoms with E-state index in [2.05, 4.69) is 0 Å². The predicted molar refractivity (Wildman–Crippen MR) is 72.6 cm³/mol. The van der Waals surface area contributed by atoms with Gasteiger partial charge in [0.15, 0.2) is 6.79 Å². The summed E-state index contributed by atoms with van der Waals surface area (Å²) in [4.78, 5) is 0. The van der Waals surface area contributed by atoms with Crippen molar-refractivity contribution >= 4 is 17.3 Å². The first-order valence-electron chi connectivity index (χ1n) is 5.55. The van der Waals surface area contributed by atoms with Gasteiger partial charge >= 0.3 is 0 Å². The molecule has 0 aromatic heterocycles. The zero-order chi connectivity index (χ0) is 12.8. The minimum absolute atomic E-state index is 0.137. The van der Waals surface area contributed by atoms with Gasteiger partial charge in [-0.3, -0.25) is 0 Å². The standard InChI is InChI=1S/C14H14ClNO2/c15-13-7-6-12(16)8-14(13)18-10-17-9-11-4-2-1-3-5-11/h1-8H,9-10,16H2. The molecule has 0 heterocycles. The maximum atomic E-state index is 5.96. The summed E-state index contributed by atoms with van der Waals surface area (Å²) < 4.78 is 10.8. The van der Waals surface area contributed by atoms with Crippen LogP contribution in [0.3, 0.4) is 0 Å². The normalized spacial score (nSPS) is 10.3. The fourth-order valence-electron chi connectivity index (χ4n) is 1.47. The molecule has 0 saturated carbocycles. The number of ether oxygens (including phenoxy) is 2. The molecule has 94 valence electrons. The van der Waals surface area contributed by atoms with E-state index in [9.17, 15) is 0 Å². The van der Waals surface area contributed by atoms with Crippen LogP contribution >= 0.6 is 11.6 Å². The van der Waals surface area contributed by atoms with E-state index >= 15 is 0 Å². The molecule has 0 fully saturated rings. The molecule has 0 radical (unpaired) electrons. The summed E-state index contributed by atoms with van der Waals surface area (Å²) in [6.45, 7) is 0.638. The van der Waals surface area contributed by atoms with Crippen molar-refractivity contribution in [3.05, 3.63) is 59.1 Å². The molecule has 2 aromatic carbocycles. The van der Waals surface area contributed by atoms with Gasteiger partial charge in [-0.25, -0.2) is 0 Å². The number of rotatable bonds is 5. The van der Waals surface area contributed by atoms with Gasteiger partial charge in [0.05, 0.1) is 11.6 Å². The molecule has 2 rings (SSSR count). The first kappa shape index (κ1) is 12.7. The molecule has 18 heavy (non-hydrogen) atoms. The summed E-state index contributed by atoms with van der Waals surface area (Å²) in [7, 11) is 0. The lowest BCUT2D eigenvalue weighted by atomic mass is 10.2. The van der Waals surface area contributed by atoms with Crippen LogP contribution in [0.25, 0.3) is 0 Å². The Morgan fingerprint density at radius 3 is 2.61 bits per heavy atom. The number of hydrogen-bond acceptors (Lipinski definition) is 3. The van der Waals surface area contributed by atoms with Crippen LogP contribution in [0.2, 0.25) is 5.02 Å². The number of anilines is 1. The van der Waals surface area contributed by atoms with Gasteiger partial charge in [0, 0.05) is 11.8 Å². The Balaban J connectivity index is 1.80. The highest BCUT2D eigenvalue weighted by Gasteiger charge is 2.01. The molecule has 0 atom stereocenters. The van der Waals surface area contributed by atoms with Gasteiger partial charge in [-0.05, 0) is 17.7 Å². The lowest BCUT2D eigenvalue weighted by molar-refractivity contribution is 0.00513. The Hall–Kier alpha value is -1.71. The van der Waals surface area contributed by atoms with Crippen LogP contribution in [0.15, 0.2) is 48.5 Å². The summed E-state index contributed by atoms with van der Waals surface area (Å²) in [6.07, 6.45) is 0. The quantitative estimate of drug-likeness (QED) is 0.510. The lowest BCUT2D eigenvalue weighted by Crippen LogP contribution is -2.03. The smallest absolute Gasteiger partial charge is 0.189 e. The van der Waals surface area contributed by atoms with E-state index in [1.807, 2.05) is 30.3 Å². The monoisotopic (exact) mass is 263 g/mol. The van der Waals surface area contributed by atoms with E-state index in [1.165, 1.54) is 0 Å². The second kappa shape index (κ2) is 6.28. The van der Waals surface area contributed by atoms with Crippen molar-refractivity contribution in [2.24, 2.45) is 0 Å². The van der Waals surface area contributed by atoms with E-state index < -0.39 is 0 Å². The fourth-order valence-corrected chi connectivity index (χ4v) is 1.64. The van der Waals surface area contributed by atoms with Crippen LogP contribution in [0.1, 0.15) is 5.56 Å². The van der Waals surface area contributed by atoms with E-state index in [1.54, 1.807) is 18.2 Å². The van der Waals surface area contributed by atoms with E-state index in [0.29, 0.717) is 23.1 Å². The van der Waals surface area contributed by atoms with Crippen LogP contribution in [-0.2, 0) is 11.3 Å². The second-order valence-electron chi connectivity index (χ2n) is 3.79. The summed E-state index contributed by atoms with van der Waals surface area (Å²) in [5.41, 5.74) is 7.35. The molecule has 0 aliphatic heterocycles. The molecule has 0 unspecified atom stereocenters. The average molecular weight is 264 g/mol. The molecule has 0 saturated heterocycles. The fraction of sp³-hybridized carbons (Fsp3) is 0.143. The van der Waals surface area contributed by atoms with Gasteiger partial charge in [-0.2, -0.15) is 0 Å². The lowest BCUT2D eigenvalue weighted by Gasteiger charge is -2.09. The van der Waals surface area contributed by atoms with E-state index in [4.69, 9.17) is 26.8 Å². The van der Waals surface area contributed by atoms with Gasteiger partial charge in [0.2, 0.25) is 0 Å². The third-order valence-electron chi connectivity index (χ3n) is 2.36. The SMILES string of the molecule is Nc1ccc(Cl)c(OCOCc2ccccc2)c1. The molecule has 3 nitrogen and oxygen atoms in total. The van der Waals surface area contributed by atoms with Crippen LogP contribution in [-0.4, -0.2) is 6.79 Å². The Labute approximate surface area is 111 Å². The van der Waals surface area contributed by atoms with Crippen molar-refractivity contribution in [3.63, 3.8) is 0 Å². The maximum absolute atomic E-state index is 5.96. The Kier molecular flexibility index (Phi) is 4.45. The topological polar surface area (TPSA) is 44.5 Å². The van der Waals surface area contributed by atoms with Crippen LogP contribution < -0.4 is 10.5 Å². The molecule has 4 heteroatoms. The van der Waals surface area contributed by atoms with E-state index in [-0.39, 0.29) is 6.79 Å². The van der Waals surface area contributed by atoms with Gasteiger partial charge in [-0.1, -0.05) is 41.9 Å². The van der Waals surface area contributed by atoms with Crippen molar-refractivity contribution in [2.45, 2.75) is 6.61 Å². The third kappa shape index (κ3) is 3.65. The number of nitrogen functional groups attached to an aromatic ring is 1. The molecule has 0 amide bonds. The molecule has 0 bridgehead atoms. The number of nitrogens with two attached hydrogens (primary N) is 1. The van der Waals surface area contributed by atoms with Crippen LogP contribution in [0.4, 0.5) is 5.69 Å². The van der Waals surface area contributed by atoms with Gasteiger partial charge in [-0.15, -0.1) is 0 Å². The van der Waals surface area contributed by atoms with Crippen LogP contribution in [0, 0.1) is 0 Å². The number of halogens is 1. The zero-order valence-electron chi connectivity index (χ0n) is 9.80. The highest BCUT2D eigenvalue weighted by Crippen LogP contribution is 2.26. The second-order valence-corrected chi connectivity index (χ2v) is 4.19. The third-order valence-corrected chi connectivity index (χ3v) is 2.68. The summed E-state index contributed by atoms with van der Waals surface area (Å²) >= 11 is 5.96. The minimum atomic E-state index is 0.137. The minimum Gasteiger partial charge on any atom is -0.466 e. The first-order valence-corrected chi connectivity index (χ1v) is 5.93. The molecule has 2 aromatic rings. The average Bonchev–Trinajstić information content (AvgIpc) is 2.40. The number of hydrogen-bond donors (Lipinski definition) is 1. The van der Waals surface area contributed by atoms with E-state index in [0.717, 1.165) is 5.56 Å². The summed E-state index contributed by atoms with van der Waals surface area (Å²) in [6, 6.07) is 15.0. The van der Waals surface area contributed by atoms with Crippen molar-refractivity contribution < 1.29 is 9.47 Å². The number of benzene rings is 2. The van der Waals surface area contributed by atoms with Crippen molar-refractivity contribution in [1.29, 1.82) is 0 Å². The van der Waals surface area contributed by atoms with Crippen molar-refractivity contribution in [2.75, 3.05) is 12.5 Å². The molecular formula is C14H14ClNO2. The Morgan fingerprint density at radius 1 is 1.06 bits per heavy atom. The first-order chi connectivity index (χ1) is 8.75. The highest BCUT2D eigenvalue weighted by atomic mass is 35.5. The molecule has 2 N–H and O–H groups in total. The summed E-state index contributed by atoms with van der Waals surface area (Å²) in [5, 5.41) is 0.521. The maximum Gasteiger partial charge on any atom is 0.189 e. The van der Waals surface area contributed by atoms with Gasteiger partial charge in [0.1, 0.15) is 5.75 Å². The summed E-state index contributed by atoms with van der Waals surface area (Å²) in [5.74, 6) is 0.532. The largest absolute Gasteiger partial charge is 0.466 e. The molecule has 0 aliphatic carbocycles. The Bertz CT molecular complexity index is 502. The zero-order valence-corrected chi connectivity index (χ0v) is 10.6. The Morgan fingerprint density at radius 2 is 1.83 bits per heavy atom. The molecule has 0 spiro atoms. The van der Waals surface area contributed by atoms with Crippen molar-refractivity contribution in [3.8, 4) is 5.75 Å². The van der Waals surface area contributed by atoms with Gasteiger partial charge < -0.3 is 15.2 Å². The molecular weight excluding hydrogens is 250 g/mol.